The van der Waals surface area contributed by atoms with Crippen LogP contribution in [0.15, 0.2) is 48.5 Å². The predicted molar refractivity (Wildman–Crippen MR) is 93.1 cm³/mol. The molecule has 0 heterocycles. The van der Waals surface area contributed by atoms with Gasteiger partial charge in [0.15, 0.2) is 0 Å². The fourth-order valence-electron chi connectivity index (χ4n) is 2.73. The lowest BCUT2D eigenvalue weighted by Crippen LogP contribution is -2.26. The second kappa shape index (κ2) is 7.82. The maximum absolute atomic E-state index is 11.1. The number of rotatable bonds is 7. The quantitative estimate of drug-likeness (QED) is 0.787. The molecule has 2 aromatic rings. The summed E-state index contributed by atoms with van der Waals surface area (Å²) >= 11 is 0. The van der Waals surface area contributed by atoms with Crippen LogP contribution in [0.25, 0.3) is 0 Å². The van der Waals surface area contributed by atoms with E-state index in [0.717, 1.165) is 17.7 Å². The number of nitriles is 1. The van der Waals surface area contributed by atoms with E-state index >= 15 is 0 Å². The molecule has 1 aliphatic rings. The van der Waals surface area contributed by atoms with Crippen LogP contribution in [0.4, 0.5) is 0 Å². The molecule has 0 spiro atoms. The van der Waals surface area contributed by atoms with Gasteiger partial charge in [-0.05, 0) is 41.8 Å². The first-order chi connectivity index (χ1) is 12.2. The monoisotopic (exact) mass is 336 g/mol. The van der Waals surface area contributed by atoms with Crippen molar-refractivity contribution < 1.29 is 14.3 Å². The van der Waals surface area contributed by atoms with Gasteiger partial charge in [0.1, 0.15) is 12.4 Å². The zero-order valence-corrected chi connectivity index (χ0v) is 14.1. The van der Waals surface area contributed by atoms with Crippen molar-refractivity contribution >= 4 is 5.97 Å². The van der Waals surface area contributed by atoms with Crippen molar-refractivity contribution in [2.45, 2.75) is 25.0 Å². The van der Waals surface area contributed by atoms with Crippen LogP contribution in [-0.2, 0) is 16.1 Å². The Bertz CT molecular complexity index is 763. The number of nitrogens with zero attached hydrogens (tertiary/aromatic N) is 1. The van der Waals surface area contributed by atoms with Crippen LogP contribution in [0.5, 0.6) is 5.75 Å². The summed E-state index contributed by atoms with van der Waals surface area (Å²) in [5.74, 6) is 1.02. The molecule has 0 bridgehead atoms. The van der Waals surface area contributed by atoms with Crippen LogP contribution in [0, 0.1) is 11.3 Å². The molecule has 2 unspecified atom stereocenters. The van der Waals surface area contributed by atoms with E-state index in [-0.39, 0.29) is 12.5 Å². The number of methoxy groups -OCH3 is 1. The standard InChI is InChI=1S/C20H20N2O3/c1-24-20(23)12-22-19-10-18(19)16-6-8-17(9-7-16)25-13-15-4-2-14(11-21)3-5-15/h2-9,18-19,22H,10,12-13H2,1H3. The minimum atomic E-state index is -0.239. The molecular formula is C20H20N2O3. The smallest absolute Gasteiger partial charge is 0.319 e. The Balaban J connectivity index is 1.48. The summed E-state index contributed by atoms with van der Waals surface area (Å²) in [7, 11) is 1.39. The van der Waals surface area contributed by atoms with Crippen LogP contribution >= 0.6 is 0 Å². The van der Waals surface area contributed by atoms with Gasteiger partial charge in [-0.2, -0.15) is 5.26 Å². The lowest BCUT2D eigenvalue weighted by molar-refractivity contribution is -0.139. The van der Waals surface area contributed by atoms with Gasteiger partial charge in [0.25, 0.3) is 0 Å². The van der Waals surface area contributed by atoms with Gasteiger partial charge < -0.3 is 14.8 Å². The largest absolute Gasteiger partial charge is 0.489 e. The van der Waals surface area contributed by atoms with Crippen molar-refractivity contribution in [1.29, 1.82) is 5.26 Å². The number of hydrogen-bond donors (Lipinski definition) is 1. The molecule has 1 fully saturated rings. The Labute approximate surface area is 147 Å². The van der Waals surface area contributed by atoms with Gasteiger partial charge in [-0.15, -0.1) is 0 Å². The van der Waals surface area contributed by atoms with E-state index in [2.05, 4.69) is 28.3 Å². The Morgan fingerprint density at radius 3 is 2.56 bits per heavy atom. The Hall–Kier alpha value is -2.84. The third-order valence-corrected chi connectivity index (χ3v) is 4.32. The van der Waals surface area contributed by atoms with E-state index in [9.17, 15) is 4.79 Å². The Morgan fingerprint density at radius 1 is 1.20 bits per heavy atom. The van der Waals surface area contributed by atoms with Gasteiger partial charge >= 0.3 is 5.97 Å². The molecule has 5 heteroatoms. The molecule has 1 saturated carbocycles. The minimum absolute atomic E-state index is 0.239. The summed E-state index contributed by atoms with van der Waals surface area (Å²) < 4.78 is 10.4. The number of hydrogen-bond acceptors (Lipinski definition) is 5. The highest BCUT2D eigenvalue weighted by molar-refractivity contribution is 5.71. The summed E-state index contributed by atoms with van der Waals surface area (Å²) in [5, 5.41) is 12.0. The topological polar surface area (TPSA) is 71.3 Å². The number of carbonyl (C=O) groups excluding carboxylic acids is 1. The first-order valence-electron chi connectivity index (χ1n) is 8.21. The molecule has 0 saturated heterocycles. The molecule has 1 N–H and O–H groups in total. The predicted octanol–water partition coefficient (Wildman–Crippen LogP) is 2.76. The third-order valence-electron chi connectivity index (χ3n) is 4.32. The average molecular weight is 336 g/mol. The molecule has 1 aliphatic carbocycles. The number of carbonyl (C=O) groups is 1. The molecule has 128 valence electrons. The van der Waals surface area contributed by atoms with Crippen LogP contribution in [0.1, 0.15) is 29.0 Å². The van der Waals surface area contributed by atoms with E-state index in [4.69, 9.17) is 10.00 Å². The highest BCUT2D eigenvalue weighted by Gasteiger charge is 2.38. The number of benzene rings is 2. The van der Waals surface area contributed by atoms with Crippen LogP contribution in [0.2, 0.25) is 0 Å². The highest BCUT2D eigenvalue weighted by atomic mass is 16.5. The highest BCUT2D eigenvalue weighted by Crippen LogP contribution is 2.41. The van der Waals surface area contributed by atoms with E-state index in [1.807, 2.05) is 24.3 Å². The second-order valence-electron chi connectivity index (χ2n) is 6.07. The van der Waals surface area contributed by atoms with Gasteiger partial charge in [0.2, 0.25) is 0 Å². The zero-order valence-electron chi connectivity index (χ0n) is 14.1. The molecule has 0 amide bonds. The van der Waals surface area contributed by atoms with Crippen molar-refractivity contribution in [2.75, 3.05) is 13.7 Å². The van der Waals surface area contributed by atoms with Gasteiger partial charge in [0.05, 0.1) is 25.3 Å². The van der Waals surface area contributed by atoms with Crippen molar-refractivity contribution in [1.82, 2.24) is 5.32 Å². The second-order valence-corrected chi connectivity index (χ2v) is 6.07. The summed E-state index contributed by atoms with van der Waals surface area (Å²) in [5.41, 5.74) is 2.92. The van der Waals surface area contributed by atoms with E-state index in [1.54, 1.807) is 12.1 Å². The molecule has 2 aromatic carbocycles. The van der Waals surface area contributed by atoms with Gasteiger partial charge in [0, 0.05) is 12.0 Å². The summed E-state index contributed by atoms with van der Waals surface area (Å²) in [6.45, 7) is 0.723. The maximum atomic E-state index is 11.1. The molecule has 0 aliphatic heterocycles. The van der Waals surface area contributed by atoms with E-state index in [0.29, 0.717) is 24.1 Å². The SMILES string of the molecule is COC(=O)CNC1CC1c1ccc(OCc2ccc(C#N)cc2)cc1. The fraction of sp³-hybridized carbons (Fsp3) is 0.300. The van der Waals surface area contributed by atoms with Crippen molar-refractivity contribution in [3.8, 4) is 11.8 Å². The number of ether oxygens (including phenoxy) is 2. The van der Waals surface area contributed by atoms with Gasteiger partial charge in [-0.1, -0.05) is 24.3 Å². The number of esters is 1. The Kier molecular flexibility index (Phi) is 5.32. The van der Waals surface area contributed by atoms with Gasteiger partial charge in [-0.3, -0.25) is 4.79 Å². The van der Waals surface area contributed by atoms with Crippen LogP contribution in [-0.4, -0.2) is 25.7 Å². The molecule has 0 aromatic heterocycles. The number of nitrogens with one attached hydrogen (secondary N) is 1. The summed E-state index contributed by atoms with van der Waals surface area (Å²) in [4.78, 5) is 11.1. The molecule has 0 radical (unpaired) electrons. The third kappa shape index (κ3) is 4.59. The fourth-order valence-corrected chi connectivity index (χ4v) is 2.73. The molecular weight excluding hydrogens is 316 g/mol. The van der Waals surface area contributed by atoms with Gasteiger partial charge in [-0.25, -0.2) is 0 Å². The van der Waals surface area contributed by atoms with Crippen molar-refractivity contribution in [2.24, 2.45) is 0 Å². The minimum Gasteiger partial charge on any atom is -0.489 e. The maximum Gasteiger partial charge on any atom is 0.319 e. The summed E-state index contributed by atoms with van der Waals surface area (Å²) in [6.07, 6.45) is 1.03. The molecule has 3 rings (SSSR count). The molecule has 5 nitrogen and oxygen atoms in total. The normalized spacial score (nSPS) is 18.2. The van der Waals surface area contributed by atoms with E-state index in [1.165, 1.54) is 12.7 Å². The lowest BCUT2D eigenvalue weighted by Gasteiger charge is -2.08. The first-order valence-corrected chi connectivity index (χ1v) is 8.21. The Morgan fingerprint density at radius 2 is 1.92 bits per heavy atom. The van der Waals surface area contributed by atoms with Crippen LogP contribution in [0.3, 0.4) is 0 Å². The van der Waals surface area contributed by atoms with Crippen molar-refractivity contribution in [3.05, 3.63) is 65.2 Å². The molecule has 25 heavy (non-hydrogen) atoms. The van der Waals surface area contributed by atoms with Crippen molar-refractivity contribution in [3.63, 3.8) is 0 Å². The summed E-state index contributed by atoms with van der Waals surface area (Å²) in [6, 6.07) is 17.9. The van der Waals surface area contributed by atoms with E-state index < -0.39 is 0 Å². The zero-order chi connectivity index (χ0) is 17.6. The van der Waals surface area contributed by atoms with Crippen LogP contribution < -0.4 is 10.1 Å². The lowest BCUT2D eigenvalue weighted by atomic mass is 10.1. The first kappa shape index (κ1) is 17.0. The molecule has 2 atom stereocenters. The average Bonchev–Trinajstić information content (AvgIpc) is 3.45.